The first kappa shape index (κ1) is 6.39. The quantitative estimate of drug-likeness (QED) is 0.576. The van der Waals surface area contributed by atoms with Gasteiger partial charge in [0.25, 0.3) is 0 Å². The Morgan fingerprint density at radius 3 is 2.75 bits per heavy atom. The zero-order chi connectivity index (χ0) is 7.71. The van der Waals surface area contributed by atoms with Gasteiger partial charge in [-0.3, -0.25) is 0 Å². The van der Waals surface area contributed by atoms with Crippen LogP contribution in [0.4, 0.5) is 0 Å². The van der Waals surface area contributed by atoms with Crippen molar-refractivity contribution in [2.75, 3.05) is 6.61 Å². The molecule has 0 aromatic rings. The van der Waals surface area contributed by atoms with E-state index in [4.69, 9.17) is 9.47 Å². The molecule has 12 heavy (non-hydrogen) atoms. The molecule has 2 bridgehead atoms. The van der Waals surface area contributed by atoms with Crippen molar-refractivity contribution in [3.05, 3.63) is 0 Å². The molecule has 2 saturated heterocycles. The summed E-state index contributed by atoms with van der Waals surface area (Å²) < 4.78 is 10.9. The molecule has 2 aliphatic carbocycles. The van der Waals surface area contributed by atoms with Crippen molar-refractivity contribution < 1.29 is 9.47 Å². The summed E-state index contributed by atoms with van der Waals surface area (Å²) in [5.41, 5.74) is 0. The molecule has 4 fully saturated rings. The average molecular weight is 166 g/mol. The topological polar surface area (TPSA) is 25.1 Å². The lowest BCUT2D eigenvalue weighted by Crippen LogP contribution is -2.19. The van der Waals surface area contributed by atoms with Gasteiger partial charge in [0, 0.05) is 0 Å². The van der Waals surface area contributed by atoms with Gasteiger partial charge in [0.15, 0.2) is 0 Å². The molecule has 2 saturated carbocycles. The molecule has 2 heterocycles. The third-order valence-corrected chi connectivity index (χ3v) is 4.20. The molecule has 0 N–H and O–H groups in total. The summed E-state index contributed by atoms with van der Waals surface area (Å²) in [6.45, 7) is 1.03. The van der Waals surface area contributed by atoms with E-state index >= 15 is 0 Å². The average Bonchev–Trinajstić information content (AvgIpc) is 2.94. The van der Waals surface area contributed by atoms with Gasteiger partial charge in [-0.15, -0.1) is 0 Å². The molecule has 0 spiro atoms. The first-order chi connectivity index (χ1) is 5.92. The van der Waals surface area contributed by atoms with Gasteiger partial charge in [-0.05, 0) is 37.0 Å². The fourth-order valence-corrected chi connectivity index (χ4v) is 3.55. The van der Waals surface area contributed by atoms with Crippen LogP contribution in [0.2, 0.25) is 0 Å². The van der Waals surface area contributed by atoms with Crippen molar-refractivity contribution in [1.82, 2.24) is 0 Å². The fraction of sp³-hybridized carbons (Fsp3) is 1.00. The fourth-order valence-electron chi connectivity index (χ4n) is 3.55. The maximum absolute atomic E-state index is 5.63. The van der Waals surface area contributed by atoms with Crippen molar-refractivity contribution in [3.8, 4) is 0 Å². The molecule has 2 nitrogen and oxygen atoms in total. The number of epoxide rings is 2. The van der Waals surface area contributed by atoms with Crippen molar-refractivity contribution >= 4 is 0 Å². The van der Waals surface area contributed by atoms with Crippen molar-refractivity contribution in [3.63, 3.8) is 0 Å². The first-order valence-corrected chi connectivity index (χ1v) is 5.19. The van der Waals surface area contributed by atoms with Crippen molar-refractivity contribution in [2.24, 2.45) is 17.8 Å². The molecular formula is C10H14O2. The van der Waals surface area contributed by atoms with Crippen LogP contribution in [0.3, 0.4) is 0 Å². The number of hydrogen-bond acceptors (Lipinski definition) is 2. The summed E-state index contributed by atoms with van der Waals surface area (Å²) in [4.78, 5) is 0. The first-order valence-electron chi connectivity index (χ1n) is 5.19. The normalized spacial score (nSPS) is 65.0. The highest BCUT2D eigenvalue weighted by atomic mass is 16.6. The second kappa shape index (κ2) is 1.88. The smallest absolute Gasteiger partial charge is 0.0875 e. The van der Waals surface area contributed by atoms with Crippen molar-refractivity contribution in [2.45, 2.75) is 37.6 Å². The molecule has 0 aromatic carbocycles. The Bertz CT molecular complexity index is 222. The molecule has 4 aliphatic rings. The third-order valence-electron chi connectivity index (χ3n) is 4.20. The predicted octanol–water partition coefficient (Wildman–Crippen LogP) is 1.20. The largest absolute Gasteiger partial charge is 0.373 e. The van der Waals surface area contributed by atoms with Gasteiger partial charge in [0.1, 0.15) is 0 Å². The van der Waals surface area contributed by atoms with Gasteiger partial charge in [0.05, 0.1) is 24.9 Å². The van der Waals surface area contributed by atoms with Crippen molar-refractivity contribution in [1.29, 1.82) is 0 Å². The molecular weight excluding hydrogens is 152 g/mol. The van der Waals surface area contributed by atoms with Crippen LogP contribution in [0.15, 0.2) is 0 Å². The maximum atomic E-state index is 5.63. The summed E-state index contributed by atoms with van der Waals surface area (Å²) in [5.74, 6) is 2.80. The standard InChI is InChI=1S/C10H14O2/c1-5(2-7-4-11-7)8-3-6(1)9-10(8)12-9/h5-10H,1-4H2. The van der Waals surface area contributed by atoms with Gasteiger partial charge < -0.3 is 9.47 Å². The van der Waals surface area contributed by atoms with Crippen LogP contribution in [-0.4, -0.2) is 24.9 Å². The second-order valence-electron chi connectivity index (χ2n) is 4.91. The SMILES string of the molecule is C1OC1CC1CC2CC1C1OC21. The molecule has 2 heteroatoms. The second-order valence-corrected chi connectivity index (χ2v) is 4.91. The summed E-state index contributed by atoms with van der Waals surface area (Å²) in [6.07, 6.45) is 6.25. The molecule has 66 valence electrons. The van der Waals surface area contributed by atoms with Gasteiger partial charge >= 0.3 is 0 Å². The minimum atomic E-state index is 0.631. The Labute approximate surface area is 72.2 Å². The zero-order valence-electron chi connectivity index (χ0n) is 7.11. The Balaban J connectivity index is 1.52. The third kappa shape index (κ3) is 0.728. The number of fused-ring (bicyclic) bond motifs is 5. The lowest BCUT2D eigenvalue weighted by molar-refractivity contribution is 0.238. The highest BCUT2D eigenvalue weighted by molar-refractivity contribution is 5.10. The summed E-state index contributed by atoms with van der Waals surface area (Å²) >= 11 is 0. The molecule has 6 unspecified atom stereocenters. The molecule has 0 radical (unpaired) electrons. The van der Waals surface area contributed by atoms with E-state index in [0.29, 0.717) is 18.3 Å². The van der Waals surface area contributed by atoms with Gasteiger partial charge in [-0.1, -0.05) is 0 Å². The lowest BCUT2D eigenvalue weighted by atomic mass is 9.85. The van der Waals surface area contributed by atoms with Gasteiger partial charge in [0.2, 0.25) is 0 Å². The molecule has 0 aromatic heterocycles. The molecule has 4 rings (SSSR count). The summed E-state index contributed by atoms with van der Waals surface area (Å²) in [7, 11) is 0. The Morgan fingerprint density at radius 2 is 2.08 bits per heavy atom. The summed E-state index contributed by atoms with van der Waals surface area (Å²) in [6, 6.07) is 0. The Hall–Kier alpha value is -0.0800. The van der Waals surface area contributed by atoms with E-state index in [9.17, 15) is 0 Å². The van der Waals surface area contributed by atoms with E-state index in [1.54, 1.807) is 0 Å². The Kier molecular flexibility index (Phi) is 0.999. The number of hydrogen-bond donors (Lipinski definition) is 0. The van der Waals surface area contributed by atoms with Crippen LogP contribution in [0.5, 0.6) is 0 Å². The Morgan fingerprint density at radius 1 is 1.17 bits per heavy atom. The van der Waals surface area contributed by atoms with Gasteiger partial charge in [-0.25, -0.2) is 0 Å². The van der Waals surface area contributed by atoms with Crippen LogP contribution >= 0.6 is 0 Å². The van der Waals surface area contributed by atoms with E-state index in [0.717, 1.165) is 24.4 Å². The molecule has 0 amide bonds. The maximum Gasteiger partial charge on any atom is 0.0875 e. The zero-order valence-corrected chi connectivity index (χ0v) is 7.11. The van der Waals surface area contributed by atoms with E-state index in [-0.39, 0.29) is 0 Å². The van der Waals surface area contributed by atoms with Crippen LogP contribution < -0.4 is 0 Å². The highest BCUT2D eigenvalue weighted by Crippen LogP contribution is 2.60. The van der Waals surface area contributed by atoms with E-state index < -0.39 is 0 Å². The molecule has 6 atom stereocenters. The number of ether oxygens (including phenoxy) is 2. The predicted molar refractivity (Wildman–Crippen MR) is 42.7 cm³/mol. The highest BCUT2D eigenvalue weighted by Gasteiger charge is 2.63. The van der Waals surface area contributed by atoms with E-state index in [1.807, 2.05) is 0 Å². The lowest BCUT2D eigenvalue weighted by Gasteiger charge is -2.17. The van der Waals surface area contributed by atoms with E-state index in [2.05, 4.69) is 0 Å². The van der Waals surface area contributed by atoms with Crippen LogP contribution in [-0.2, 0) is 9.47 Å². The molecule has 2 aliphatic heterocycles. The van der Waals surface area contributed by atoms with E-state index in [1.165, 1.54) is 19.3 Å². The van der Waals surface area contributed by atoms with Crippen LogP contribution in [0.25, 0.3) is 0 Å². The van der Waals surface area contributed by atoms with Crippen LogP contribution in [0, 0.1) is 17.8 Å². The summed E-state index contributed by atoms with van der Waals surface area (Å²) in [5, 5.41) is 0. The van der Waals surface area contributed by atoms with Gasteiger partial charge in [-0.2, -0.15) is 0 Å². The van der Waals surface area contributed by atoms with Crippen LogP contribution in [0.1, 0.15) is 19.3 Å². The minimum Gasteiger partial charge on any atom is -0.373 e. The minimum absolute atomic E-state index is 0.631. The monoisotopic (exact) mass is 166 g/mol. The number of rotatable bonds is 2.